The second kappa shape index (κ2) is 16.3. The van der Waals surface area contributed by atoms with Gasteiger partial charge in [0.2, 0.25) is 0 Å². The molecule has 0 aromatic heterocycles. The molecule has 0 saturated heterocycles. The molecule has 0 bridgehead atoms. The van der Waals surface area contributed by atoms with E-state index in [9.17, 15) is 10.2 Å². The fourth-order valence-electron chi connectivity index (χ4n) is 1.45. The summed E-state index contributed by atoms with van der Waals surface area (Å²) in [5, 5.41) is 18.9. The Labute approximate surface area is 132 Å². The normalized spacial score (nSPS) is 13.3. The van der Waals surface area contributed by atoms with Crippen molar-refractivity contribution in [1.29, 1.82) is 0 Å². The summed E-state index contributed by atoms with van der Waals surface area (Å²) < 4.78 is 20.6. The van der Waals surface area contributed by atoms with Crippen LogP contribution in [0.25, 0.3) is 0 Å². The third kappa shape index (κ3) is 15.3. The van der Waals surface area contributed by atoms with Crippen LogP contribution >= 0.6 is 0 Å². The van der Waals surface area contributed by atoms with E-state index < -0.39 is 12.2 Å². The highest BCUT2D eigenvalue weighted by atomic mass is 16.5. The molecule has 22 heavy (non-hydrogen) atoms. The van der Waals surface area contributed by atoms with Gasteiger partial charge in [-0.05, 0) is 12.8 Å². The molecule has 6 heteroatoms. The lowest BCUT2D eigenvalue weighted by atomic mass is 10.3. The smallest absolute Gasteiger partial charge is 0.107 e. The monoisotopic (exact) mass is 314 g/mol. The van der Waals surface area contributed by atoms with Crippen LogP contribution in [0.1, 0.15) is 12.8 Å². The maximum Gasteiger partial charge on any atom is 0.107 e. The molecule has 0 heterocycles. The van der Waals surface area contributed by atoms with E-state index in [2.05, 4.69) is 11.8 Å². The third-order valence-electron chi connectivity index (χ3n) is 2.44. The van der Waals surface area contributed by atoms with Gasteiger partial charge >= 0.3 is 0 Å². The standard InChI is InChI=1S/C16H26O6/c1-3-7-19-11-15(17)13-21-9-5-6-10-22-14-16(18)12-20-8-4-2/h1-2,15-18H,5-14H2. The van der Waals surface area contributed by atoms with Crippen molar-refractivity contribution in [2.45, 2.75) is 25.0 Å². The van der Waals surface area contributed by atoms with Gasteiger partial charge < -0.3 is 29.2 Å². The number of terminal acetylenes is 2. The number of unbranched alkanes of at least 4 members (excludes halogenated alkanes) is 1. The van der Waals surface area contributed by atoms with E-state index in [0.717, 1.165) is 12.8 Å². The van der Waals surface area contributed by atoms with Gasteiger partial charge in [-0.15, -0.1) is 12.8 Å². The van der Waals surface area contributed by atoms with E-state index >= 15 is 0 Å². The van der Waals surface area contributed by atoms with Crippen LogP contribution in [0.5, 0.6) is 0 Å². The number of rotatable bonds is 15. The van der Waals surface area contributed by atoms with E-state index in [0.29, 0.717) is 13.2 Å². The number of hydrogen-bond acceptors (Lipinski definition) is 6. The van der Waals surface area contributed by atoms with Crippen LogP contribution in [0.2, 0.25) is 0 Å². The Hall–Kier alpha value is -1.12. The zero-order valence-corrected chi connectivity index (χ0v) is 12.9. The number of ether oxygens (including phenoxy) is 4. The summed E-state index contributed by atoms with van der Waals surface area (Å²) in [6, 6.07) is 0. The molecule has 0 aliphatic rings. The quantitative estimate of drug-likeness (QED) is 0.323. The van der Waals surface area contributed by atoms with Crippen LogP contribution in [-0.2, 0) is 18.9 Å². The van der Waals surface area contributed by atoms with Gasteiger partial charge in [-0.1, -0.05) is 11.8 Å². The molecule has 0 aliphatic carbocycles. The molecule has 2 N–H and O–H groups in total. The van der Waals surface area contributed by atoms with Gasteiger partial charge in [0.05, 0.1) is 26.4 Å². The van der Waals surface area contributed by atoms with Crippen molar-refractivity contribution in [2.24, 2.45) is 0 Å². The predicted octanol–water partition coefficient (Wildman–Crippen LogP) is -0.179. The van der Waals surface area contributed by atoms with E-state index in [1.165, 1.54) is 0 Å². The van der Waals surface area contributed by atoms with Crippen LogP contribution in [0, 0.1) is 24.7 Å². The fraction of sp³-hybridized carbons (Fsp3) is 0.750. The molecule has 0 amide bonds. The van der Waals surface area contributed by atoms with Gasteiger partial charge in [0.1, 0.15) is 25.4 Å². The number of hydrogen-bond donors (Lipinski definition) is 2. The SMILES string of the molecule is C#CCOCC(O)COCCCCOCC(O)COCC#C. The molecule has 0 aromatic rings. The molecule has 0 spiro atoms. The summed E-state index contributed by atoms with van der Waals surface area (Å²) in [7, 11) is 0. The van der Waals surface area contributed by atoms with E-state index in [1.54, 1.807) is 0 Å². The molecule has 0 rings (SSSR count). The molecular weight excluding hydrogens is 288 g/mol. The second-order valence-electron chi connectivity index (χ2n) is 4.60. The van der Waals surface area contributed by atoms with Crippen LogP contribution in [0.3, 0.4) is 0 Å². The summed E-state index contributed by atoms with van der Waals surface area (Å²) in [5.74, 6) is 4.64. The lowest BCUT2D eigenvalue weighted by Crippen LogP contribution is -2.22. The average Bonchev–Trinajstić information content (AvgIpc) is 2.50. The van der Waals surface area contributed by atoms with Crippen molar-refractivity contribution in [1.82, 2.24) is 0 Å². The Kier molecular flexibility index (Phi) is 15.4. The van der Waals surface area contributed by atoms with Crippen molar-refractivity contribution in [3.63, 3.8) is 0 Å². The molecule has 126 valence electrons. The van der Waals surface area contributed by atoms with Crippen molar-refractivity contribution in [2.75, 3.05) is 52.9 Å². The Morgan fingerprint density at radius 2 is 1.05 bits per heavy atom. The van der Waals surface area contributed by atoms with Crippen LogP contribution in [0.4, 0.5) is 0 Å². The van der Waals surface area contributed by atoms with Gasteiger partial charge in [0.25, 0.3) is 0 Å². The molecular formula is C16H26O6. The molecule has 0 saturated carbocycles. The van der Waals surface area contributed by atoms with Crippen LogP contribution in [0.15, 0.2) is 0 Å². The van der Waals surface area contributed by atoms with Gasteiger partial charge in [-0.2, -0.15) is 0 Å². The largest absolute Gasteiger partial charge is 0.388 e. The van der Waals surface area contributed by atoms with Gasteiger partial charge in [0, 0.05) is 13.2 Å². The molecule has 0 fully saturated rings. The fourth-order valence-corrected chi connectivity index (χ4v) is 1.45. The van der Waals surface area contributed by atoms with Crippen LogP contribution < -0.4 is 0 Å². The maximum atomic E-state index is 9.47. The van der Waals surface area contributed by atoms with Gasteiger partial charge in [-0.3, -0.25) is 0 Å². The average molecular weight is 314 g/mol. The summed E-state index contributed by atoms with van der Waals surface area (Å²) in [5.41, 5.74) is 0. The Balaban J connectivity index is 3.23. The molecule has 0 radical (unpaired) electrons. The summed E-state index contributed by atoms with van der Waals surface area (Å²) >= 11 is 0. The molecule has 2 atom stereocenters. The molecule has 0 aromatic carbocycles. The molecule has 0 aliphatic heterocycles. The lowest BCUT2D eigenvalue weighted by Gasteiger charge is -2.12. The maximum absolute atomic E-state index is 9.47. The first-order valence-electron chi connectivity index (χ1n) is 7.24. The first kappa shape index (κ1) is 20.9. The minimum Gasteiger partial charge on any atom is -0.388 e. The Morgan fingerprint density at radius 1 is 0.682 bits per heavy atom. The van der Waals surface area contributed by atoms with Crippen molar-refractivity contribution in [3.05, 3.63) is 0 Å². The number of aliphatic hydroxyl groups excluding tert-OH is 2. The molecule has 6 nitrogen and oxygen atoms in total. The first-order chi connectivity index (χ1) is 10.7. The highest BCUT2D eigenvalue weighted by Crippen LogP contribution is 1.95. The summed E-state index contributed by atoms with van der Waals surface area (Å²) in [6.07, 6.45) is 10.3. The van der Waals surface area contributed by atoms with E-state index in [-0.39, 0.29) is 39.6 Å². The topological polar surface area (TPSA) is 77.4 Å². The molecule has 2 unspecified atom stereocenters. The Bertz CT molecular complexity index is 288. The Morgan fingerprint density at radius 3 is 1.41 bits per heavy atom. The predicted molar refractivity (Wildman–Crippen MR) is 82.2 cm³/mol. The first-order valence-corrected chi connectivity index (χ1v) is 7.24. The van der Waals surface area contributed by atoms with Crippen molar-refractivity contribution < 1.29 is 29.2 Å². The van der Waals surface area contributed by atoms with Gasteiger partial charge in [-0.25, -0.2) is 0 Å². The highest BCUT2D eigenvalue weighted by Gasteiger charge is 2.05. The number of aliphatic hydroxyl groups is 2. The zero-order chi connectivity index (χ0) is 16.5. The zero-order valence-electron chi connectivity index (χ0n) is 12.9. The highest BCUT2D eigenvalue weighted by molar-refractivity contribution is 4.83. The minimum absolute atomic E-state index is 0.174. The van der Waals surface area contributed by atoms with Crippen LogP contribution in [-0.4, -0.2) is 75.3 Å². The second-order valence-corrected chi connectivity index (χ2v) is 4.60. The minimum atomic E-state index is -0.664. The summed E-state index contributed by atoms with van der Waals surface area (Å²) in [6.45, 7) is 2.22. The van der Waals surface area contributed by atoms with E-state index in [4.69, 9.17) is 31.8 Å². The van der Waals surface area contributed by atoms with Crippen molar-refractivity contribution in [3.8, 4) is 24.7 Å². The lowest BCUT2D eigenvalue weighted by molar-refractivity contribution is -0.0206. The van der Waals surface area contributed by atoms with Gasteiger partial charge in [0.15, 0.2) is 0 Å². The summed E-state index contributed by atoms with van der Waals surface area (Å²) in [4.78, 5) is 0. The van der Waals surface area contributed by atoms with Crippen molar-refractivity contribution >= 4 is 0 Å². The third-order valence-corrected chi connectivity index (χ3v) is 2.44. The van der Waals surface area contributed by atoms with E-state index in [1.807, 2.05) is 0 Å².